The first-order chi connectivity index (χ1) is 9.06. The Morgan fingerprint density at radius 3 is 2.68 bits per heavy atom. The Labute approximate surface area is 119 Å². The number of aromatic hydroxyl groups is 1. The summed E-state index contributed by atoms with van der Waals surface area (Å²) in [5.41, 5.74) is 0.435. The molecule has 0 aliphatic rings. The minimum Gasteiger partial charge on any atom is -0.505 e. The number of thioether (sulfide) groups is 1. The second-order valence-corrected chi connectivity index (χ2v) is 5.52. The lowest BCUT2D eigenvalue weighted by molar-refractivity contribution is 0.203. The van der Waals surface area contributed by atoms with Crippen LogP contribution in [0.3, 0.4) is 0 Å². The molecule has 0 aromatic heterocycles. The van der Waals surface area contributed by atoms with Crippen molar-refractivity contribution in [3.8, 4) is 5.75 Å². The van der Waals surface area contributed by atoms with Crippen molar-refractivity contribution >= 4 is 23.4 Å². The van der Waals surface area contributed by atoms with Crippen LogP contribution in [0, 0.1) is 5.82 Å². The molecule has 0 radical (unpaired) electrons. The Bertz CT molecular complexity index is 577. The summed E-state index contributed by atoms with van der Waals surface area (Å²) in [6.07, 6.45) is -0.806. The second kappa shape index (κ2) is 6.28. The fraction of sp³-hybridized carbons (Fsp3) is 0.143. The molecule has 2 N–H and O–H groups in total. The average Bonchev–Trinajstić information content (AvgIpc) is 2.39. The van der Waals surface area contributed by atoms with E-state index in [1.807, 2.05) is 12.1 Å². The molecule has 5 heteroatoms. The average molecular weight is 299 g/mol. The van der Waals surface area contributed by atoms with Crippen LogP contribution in [0.1, 0.15) is 11.7 Å². The first-order valence-electron chi connectivity index (χ1n) is 5.61. The van der Waals surface area contributed by atoms with Crippen molar-refractivity contribution in [2.24, 2.45) is 0 Å². The first kappa shape index (κ1) is 14.2. The van der Waals surface area contributed by atoms with Gasteiger partial charge in [-0.15, -0.1) is 11.8 Å². The van der Waals surface area contributed by atoms with Gasteiger partial charge in [0.05, 0.1) is 6.10 Å². The molecule has 0 aliphatic heterocycles. The highest BCUT2D eigenvalue weighted by molar-refractivity contribution is 7.99. The number of benzene rings is 2. The Kier molecular flexibility index (Phi) is 4.69. The lowest BCUT2D eigenvalue weighted by Crippen LogP contribution is -2.01. The highest BCUT2D eigenvalue weighted by atomic mass is 35.5. The van der Waals surface area contributed by atoms with E-state index >= 15 is 0 Å². The Balaban J connectivity index is 2.01. The molecule has 2 nitrogen and oxygen atoms in total. The molecule has 0 saturated carbocycles. The fourth-order valence-electron chi connectivity index (χ4n) is 1.56. The van der Waals surface area contributed by atoms with E-state index in [2.05, 4.69) is 0 Å². The quantitative estimate of drug-likeness (QED) is 0.838. The van der Waals surface area contributed by atoms with Gasteiger partial charge in [0.25, 0.3) is 0 Å². The molecule has 0 heterocycles. The van der Waals surface area contributed by atoms with E-state index in [1.54, 1.807) is 12.1 Å². The molecule has 19 heavy (non-hydrogen) atoms. The Hall–Kier alpha value is -1.23. The van der Waals surface area contributed by atoms with Gasteiger partial charge >= 0.3 is 0 Å². The zero-order valence-corrected chi connectivity index (χ0v) is 11.5. The molecule has 0 spiro atoms. The third-order valence-corrected chi connectivity index (χ3v) is 3.87. The molecule has 0 saturated heterocycles. The van der Waals surface area contributed by atoms with E-state index < -0.39 is 17.7 Å². The van der Waals surface area contributed by atoms with Crippen LogP contribution < -0.4 is 0 Å². The third kappa shape index (κ3) is 3.86. The van der Waals surface area contributed by atoms with Gasteiger partial charge < -0.3 is 10.2 Å². The molecule has 2 aromatic carbocycles. The maximum Gasteiger partial charge on any atom is 0.165 e. The van der Waals surface area contributed by atoms with Crippen LogP contribution in [0.4, 0.5) is 4.39 Å². The molecule has 0 bridgehead atoms. The third-order valence-electron chi connectivity index (χ3n) is 2.56. The van der Waals surface area contributed by atoms with Crippen molar-refractivity contribution in [1.82, 2.24) is 0 Å². The van der Waals surface area contributed by atoms with Crippen LogP contribution >= 0.6 is 23.4 Å². The summed E-state index contributed by atoms with van der Waals surface area (Å²) in [5, 5.41) is 19.7. The number of hydrogen-bond acceptors (Lipinski definition) is 3. The molecule has 0 fully saturated rings. The highest BCUT2D eigenvalue weighted by Crippen LogP contribution is 2.28. The van der Waals surface area contributed by atoms with Gasteiger partial charge in [0.1, 0.15) is 0 Å². The van der Waals surface area contributed by atoms with Crippen molar-refractivity contribution in [2.45, 2.75) is 11.0 Å². The van der Waals surface area contributed by atoms with Gasteiger partial charge in [0, 0.05) is 15.7 Å². The van der Waals surface area contributed by atoms with Crippen LogP contribution in [0.15, 0.2) is 47.4 Å². The van der Waals surface area contributed by atoms with Crippen molar-refractivity contribution in [3.63, 3.8) is 0 Å². The Morgan fingerprint density at radius 2 is 2.00 bits per heavy atom. The summed E-state index contributed by atoms with van der Waals surface area (Å²) in [7, 11) is 0. The van der Waals surface area contributed by atoms with E-state index in [0.717, 1.165) is 11.0 Å². The number of hydrogen-bond donors (Lipinski definition) is 2. The summed E-state index contributed by atoms with van der Waals surface area (Å²) in [6.45, 7) is 0. The van der Waals surface area contributed by atoms with E-state index in [0.29, 0.717) is 16.3 Å². The van der Waals surface area contributed by atoms with Crippen LogP contribution in [-0.4, -0.2) is 16.0 Å². The summed E-state index contributed by atoms with van der Waals surface area (Å²) in [6, 6.07) is 11.2. The molecular weight excluding hydrogens is 287 g/mol. The largest absolute Gasteiger partial charge is 0.505 e. The summed E-state index contributed by atoms with van der Waals surface area (Å²) < 4.78 is 13.2. The number of aliphatic hydroxyl groups is 1. The number of phenolic OH excluding ortho intramolecular Hbond substituents is 1. The normalized spacial score (nSPS) is 12.4. The van der Waals surface area contributed by atoms with Gasteiger partial charge in [-0.1, -0.05) is 23.7 Å². The standard InChI is InChI=1S/C14H12ClFO2S/c15-10-2-1-3-11(7-10)19-8-14(18)9-4-5-13(17)12(16)6-9/h1-7,14,17-18H,8H2. The Morgan fingerprint density at radius 1 is 1.21 bits per heavy atom. The molecule has 2 aromatic rings. The van der Waals surface area contributed by atoms with Crippen molar-refractivity contribution < 1.29 is 14.6 Å². The minimum atomic E-state index is -0.806. The smallest absolute Gasteiger partial charge is 0.165 e. The van der Waals surface area contributed by atoms with Crippen LogP contribution in [0.2, 0.25) is 5.02 Å². The zero-order valence-electron chi connectivity index (χ0n) is 9.88. The number of aliphatic hydroxyl groups excluding tert-OH is 1. The zero-order chi connectivity index (χ0) is 13.8. The molecule has 0 aliphatic carbocycles. The number of rotatable bonds is 4. The molecule has 1 atom stereocenters. The predicted molar refractivity (Wildman–Crippen MR) is 75.2 cm³/mol. The van der Waals surface area contributed by atoms with Crippen LogP contribution in [-0.2, 0) is 0 Å². The molecular formula is C14H12ClFO2S. The molecule has 100 valence electrons. The monoisotopic (exact) mass is 298 g/mol. The van der Waals surface area contributed by atoms with Crippen molar-refractivity contribution in [3.05, 3.63) is 58.9 Å². The molecule has 2 rings (SSSR count). The summed E-state index contributed by atoms with van der Waals surface area (Å²) >= 11 is 7.29. The van der Waals surface area contributed by atoms with E-state index in [-0.39, 0.29) is 0 Å². The van der Waals surface area contributed by atoms with Gasteiger partial charge in [-0.05, 0) is 35.9 Å². The maximum absolute atomic E-state index is 13.2. The first-order valence-corrected chi connectivity index (χ1v) is 6.97. The molecule has 1 unspecified atom stereocenters. The summed E-state index contributed by atoms with van der Waals surface area (Å²) in [4.78, 5) is 0.936. The lowest BCUT2D eigenvalue weighted by atomic mass is 10.1. The van der Waals surface area contributed by atoms with Gasteiger partial charge in [-0.2, -0.15) is 0 Å². The van der Waals surface area contributed by atoms with Crippen LogP contribution in [0.25, 0.3) is 0 Å². The second-order valence-electron chi connectivity index (χ2n) is 4.00. The van der Waals surface area contributed by atoms with E-state index in [4.69, 9.17) is 16.7 Å². The van der Waals surface area contributed by atoms with E-state index in [1.165, 1.54) is 23.9 Å². The minimum absolute atomic E-state index is 0.380. The van der Waals surface area contributed by atoms with E-state index in [9.17, 15) is 9.50 Å². The lowest BCUT2D eigenvalue weighted by Gasteiger charge is -2.11. The predicted octanol–water partition coefficient (Wildman–Crippen LogP) is 4.01. The topological polar surface area (TPSA) is 40.5 Å². The molecule has 0 amide bonds. The van der Waals surface area contributed by atoms with Gasteiger partial charge in [0.15, 0.2) is 11.6 Å². The highest BCUT2D eigenvalue weighted by Gasteiger charge is 2.11. The van der Waals surface area contributed by atoms with Crippen LogP contribution in [0.5, 0.6) is 5.75 Å². The number of phenols is 1. The SMILES string of the molecule is Oc1ccc(C(O)CSc2cccc(Cl)c2)cc1F. The fourth-order valence-corrected chi connectivity index (χ4v) is 2.74. The van der Waals surface area contributed by atoms with Gasteiger partial charge in [-0.3, -0.25) is 0 Å². The van der Waals surface area contributed by atoms with Crippen molar-refractivity contribution in [2.75, 3.05) is 5.75 Å². The number of halogens is 2. The van der Waals surface area contributed by atoms with Gasteiger partial charge in [0.2, 0.25) is 0 Å². The summed E-state index contributed by atoms with van der Waals surface area (Å²) in [5.74, 6) is -0.771. The van der Waals surface area contributed by atoms with Crippen molar-refractivity contribution in [1.29, 1.82) is 0 Å². The maximum atomic E-state index is 13.2. The van der Waals surface area contributed by atoms with Gasteiger partial charge in [-0.25, -0.2) is 4.39 Å².